The lowest BCUT2D eigenvalue weighted by Gasteiger charge is -2.12. The normalized spacial score (nSPS) is 13.1. The lowest BCUT2D eigenvalue weighted by Crippen LogP contribution is -2.31. The van der Waals surface area contributed by atoms with Crippen molar-refractivity contribution in [3.63, 3.8) is 0 Å². The van der Waals surface area contributed by atoms with Gasteiger partial charge in [0, 0.05) is 28.7 Å². The number of benzene rings is 1. The Bertz CT molecular complexity index is 329. The molecular formula is C10H11Cl2F2NO. The highest BCUT2D eigenvalue weighted by atomic mass is 35.5. The molecule has 1 aromatic carbocycles. The Balaban J connectivity index is 2.49. The molecule has 6 heteroatoms. The van der Waals surface area contributed by atoms with E-state index in [0.717, 1.165) is 0 Å². The number of hydrogen-bond acceptors (Lipinski definition) is 2. The number of rotatable bonds is 5. The third-order valence-corrected chi connectivity index (χ3v) is 2.72. The van der Waals surface area contributed by atoms with Crippen LogP contribution in [0.3, 0.4) is 0 Å². The zero-order chi connectivity index (χ0) is 12.1. The van der Waals surface area contributed by atoms with Gasteiger partial charge in [-0.05, 0) is 12.1 Å². The Morgan fingerprint density at radius 2 is 1.81 bits per heavy atom. The molecule has 0 aromatic heterocycles. The summed E-state index contributed by atoms with van der Waals surface area (Å²) in [4.78, 5) is 0. The second kappa shape index (κ2) is 6.35. The van der Waals surface area contributed by atoms with Crippen LogP contribution >= 0.6 is 23.2 Å². The highest BCUT2D eigenvalue weighted by molar-refractivity contribution is 6.35. The predicted molar refractivity (Wildman–Crippen MR) is 60.2 cm³/mol. The minimum atomic E-state index is -2.76. The molecule has 0 heterocycles. The Labute approximate surface area is 102 Å². The van der Waals surface area contributed by atoms with Gasteiger partial charge in [-0.2, -0.15) is 0 Å². The Kier molecular flexibility index (Phi) is 5.41. The van der Waals surface area contributed by atoms with Crippen LogP contribution in [0.25, 0.3) is 0 Å². The Morgan fingerprint density at radius 3 is 2.31 bits per heavy atom. The first-order valence-electron chi connectivity index (χ1n) is 4.62. The van der Waals surface area contributed by atoms with E-state index in [4.69, 9.17) is 28.3 Å². The molecule has 1 atom stereocenters. The van der Waals surface area contributed by atoms with Gasteiger partial charge in [0.15, 0.2) is 0 Å². The van der Waals surface area contributed by atoms with Crippen molar-refractivity contribution >= 4 is 23.2 Å². The van der Waals surface area contributed by atoms with Crippen LogP contribution in [0.1, 0.15) is 5.56 Å². The van der Waals surface area contributed by atoms with E-state index in [-0.39, 0.29) is 13.1 Å². The van der Waals surface area contributed by atoms with Crippen LogP contribution in [0.2, 0.25) is 10.0 Å². The van der Waals surface area contributed by atoms with Gasteiger partial charge < -0.3 is 10.4 Å². The number of aliphatic hydroxyl groups is 1. The molecule has 0 saturated heterocycles. The first kappa shape index (κ1) is 13.6. The standard InChI is InChI=1S/C10H11Cl2F2NO/c11-7-2-1-3-8(12)6(7)4-15-5-9(16)10(13)14/h1-3,9-10,15-16H,4-5H2. The molecule has 0 radical (unpaired) electrons. The lowest BCUT2D eigenvalue weighted by atomic mass is 10.2. The highest BCUT2D eigenvalue weighted by Gasteiger charge is 2.16. The minimum absolute atomic E-state index is 0.209. The summed E-state index contributed by atoms with van der Waals surface area (Å²) in [6, 6.07) is 5.02. The number of alkyl halides is 2. The first-order chi connectivity index (χ1) is 7.52. The van der Waals surface area contributed by atoms with Gasteiger partial charge in [0.2, 0.25) is 0 Å². The molecule has 0 saturated carbocycles. The van der Waals surface area contributed by atoms with Gasteiger partial charge in [-0.15, -0.1) is 0 Å². The van der Waals surface area contributed by atoms with Crippen molar-refractivity contribution in [2.75, 3.05) is 6.54 Å². The summed E-state index contributed by atoms with van der Waals surface area (Å²) < 4.78 is 23.9. The molecule has 0 aliphatic heterocycles. The molecular weight excluding hydrogens is 259 g/mol. The van der Waals surface area contributed by atoms with Crippen molar-refractivity contribution < 1.29 is 13.9 Å². The molecule has 2 N–H and O–H groups in total. The molecule has 1 rings (SSSR count). The summed E-state index contributed by atoms with van der Waals surface area (Å²) in [5.41, 5.74) is 0.632. The lowest BCUT2D eigenvalue weighted by molar-refractivity contribution is -0.00340. The summed E-state index contributed by atoms with van der Waals surface area (Å²) >= 11 is 11.7. The van der Waals surface area contributed by atoms with E-state index in [0.29, 0.717) is 15.6 Å². The second-order valence-corrected chi connectivity index (χ2v) is 4.05. The van der Waals surface area contributed by atoms with E-state index in [9.17, 15) is 8.78 Å². The van der Waals surface area contributed by atoms with Crippen LogP contribution in [0.4, 0.5) is 8.78 Å². The summed E-state index contributed by atoms with van der Waals surface area (Å²) in [5, 5.41) is 12.5. The van der Waals surface area contributed by atoms with Crippen LogP contribution < -0.4 is 5.32 Å². The van der Waals surface area contributed by atoms with Gasteiger partial charge in [0.25, 0.3) is 6.43 Å². The molecule has 0 fully saturated rings. The number of hydrogen-bond donors (Lipinski definition) is 2. The van der Waals surface area contributed by atoms with Crippen molar-refractivity contribution in [1.82, 2.24) is 5.32 Å². The molecule has 0 aliphatic rings. The average molecular weight is 270 g/mol. The van der Waals surface area contributed by atoms with E-state index in [1.54, 1.807) is 18.2 Å². The monoisotopic (exact) mass is 269 g/mol. The second-order valence-electron chi connectivity index (χ2n) is 3.23. The van der Waals surface area contributed by atoms with Gasteiger partial charge in [-0.3, -0.25) is 0 Å². The summed E-state index contributed by atoms with van der Waals surface area (Å²) in [5.74, 6) is 0. The average Bonchev–Trinajstić information content (AvgIpc) is 2.22. The SMILES string of the molecule is OC(CNCc1c(Cl)cccc1Cl)C(F)F. The highest BCUT2D eigenvalue weighted by Crippen LogP contribution is 2.23. The molecule has 2 nitrogen and oxygen atoms in total. The number of halogens is 4. The molecule has 0 amide bonds. The van der Waals surface area contributed by atoms with Crippen LogP contribution in [-0.2, 0) is 6.54 Å². The molecule has 1 unspecified atom stereocenters. The van der Waals surface area contributed by atoms with Crippen molar-refractivity contribution in [2.24, 2.45) is 0 Å². The van der Waals surface area contributed by atoms with Gasteiger partial charge in [-0.1, -0.05) is 29.3 Å². The fourth-order valence-electron chi connectivity index (χ4n) is 1.14. The topological polar surface area (TPSA) is 32.3 Å². The zero-order valence-electron chi connectivity index (χ0n) is 8.26. The fraction of sp³-hybridized carbons (Fsp3) is 0.400. The number of nitrogens with one attached hydrogen (secondary N) is 1. The van der Waals surface area contributed by atoms with Crippen molar-refractivity contribution in [2.45, 2.75) is 19.1 Å². The van der Waals surface area contributed by atoms with Crippen molar-refractivity contribution in [3.8, 4) is 0 Å². The van der Waals surface area contributed by atoms with Gasteiger partial charge in [0.1, 0.15) is 6.10 Å². The third-order valence-electron chi connectivity index (χ3n) is 2.01. The van der Waals surface area contributed by atoms with Crippen LogP contribution in [-0.4, -0.2) is 24.2 Å². The Morgan fingerprint density at radius 1 is 1.25 bits per heavy atom. The Hall–Kier alpha value is -0.420. The first-order valence-corrected chi connectivity index (χ1v) is 5.37. The third kappa shape index (κ3) is 3.87. The van der Waals surface area contributed by atoms with Gasteiger partial charge >= 0.3 is 0 Å². The van der Waals surface area contributed by atoms with E-state index < -0.39 is 12.5 Å². The van der Waals surface area contributed by atoms with Crippen molar-refractivity contribution in [1.29, 1.82) is 0 Å². The maximum absolute atomic E-state index is 12.0. The van der Waals surface area contributed by atoms with Crippen molar-refractivity contribution in [3.05, 3.63) is 33.8 Å². The van der Waals surface area contributed by atoms with Crippen LogP contribution in [0.15, 0.2) is 18.2 Å². The van der Waals surface area contributed by atoms with Gasteiger partial charge in [0.05, 0.1) is 0 Å². The summed E-state index contributed by atoms with van der Waals surface area (Å²) in [7, 11) is 0. The molecule has 16 heavy (non-hydrogen) atoms. The predicted octanol–water partition coefficient (Wildman–Crippen LogP) is 2.71. The molecule has 90 valence electrons. The largest absolute Gasteiger partial charge is 0.386 e. The maximum atomic E-state index is 12.0. The zero-order valence-corrected chi connectivity index (χ0v) is 9.77. The van der Waals surface area contributed by atoms with Crippen LogP contribution in [0, 0.1) is 0 Å². The van der Waals surface area contributed by atoms with E-state index >= 15 is 0 Å². The van der Waals surface area contributed by atoms with Crippen LogP contribution in [0.5, 0.6) is 0 Å². The quantitative estimate of drug-likeness (QED) is 0.862. The smallest absolute Gasteiger partial charge is 0.265 e. The molecule has 0 aliphatic carbocycles. The molecule has 0 bridgehead atoms. The van der Waals surface area contributed by atoms with Gasteiger partial charge in [-0.25, -0.2) is 8.78 Å². The van der Waals surface area contributed by atoms with E-state index in [1.165, 1.54) is 0 Å². The molecule has 1 aromatic rings. The molecule has 0 spiro atoms. The minimum Gasteiger partial charge on any atom is -0.386 e. The van der Waals surface area contributed by atoms with E-state index in [2.05, 4.69) is 5.32 Å². The fourth-order valence-corrected chi connectivity index (χ4v) is 1.67. The summed E-state index contributed by atoms with van der Waals surface area (Å²) in [6.45, 7) is 0.0293. The maximum Gasteiger partial charge on any atom is 0.265 e. The number of aliphatic hydroxyl groups excluding tert-OH is 1. The summed E-state index contributed by atoms with van der Waals surface area (Å²) in [6.07, 6.45) is -4.43. The van der Waals surface area contributed by atoms with E-state index in [1.807, 2.05) is 0 Å².